The Labute approximate surface area is 241 Å². The number of carbonyl (C=O) groups excluding carboxylic acids is 1. The number of benzene rings is 3. The monoisotopic (exact) mass is 580 g/mol. The Morgan fingerprint density at radius 1 is 1.20 bits per heavy atom. The molecule has 7 nitrogen and oxygen atoms in total. The van der Waals surface area contributed by atoms with Gasteiger partial charge >= 0.3 is 0 Å². The van der Waals surface area contributed by atoms with E-state index in [0.29, 0.717) is 17.0 Å². The summed E-state index contributed by atoms with van der Waals surface area (Å²) < 4.78 is 36.3. The highest BCUT2D eigenvalue weighted by Crippen LogP contribution is 2.51. The second kappa shape index (κ2) is 11.0. The summed E-state index contributed by atoms with van der Waals surface area (Å²) in [5.41, 5.74) is 3.47. The van der Waals surface area contributed by atoms with E-state index in [9.17, 15) is 18.7 Å². The van der Waals surface area contributed by atoms with Crippen molar-refractivity contribution in [3.05, 3.63) is 88.7 Å². The fourth-order valence-corrected chi connectivity index (χ4v) is 6.25. The molecule has 1 spiro atoms. The minimum Gasteiger partial charge on any atom is -0.485 e. The SMILES string of the molecule is CC(=O)N[C@@H](Cc1cc(F)cc(F)c1)[C@H](O)CN[C@H]1CC2(CCC2)Oc2c1cc(Cl)cc2-n1cnc2ccccc21. The zero-order chi connectivity index (χ0) is 28.7. The molecule has 0 saturated heterocycles. The minimum atomic E-state index is -1.04. The first kappa shape index (κ1) is 27.6. The summed E-state index contributed by atoms with van der Waals surface area (Å²) in [6.07, 6.45) is 4.38. The molecule has 2 aliphatic rings. The molecule has 1 amide bonds. The summed E-state index contributed by atoms with van der Waals surface area (Å²) in [6.45, 7) is 1.47. The molecule has 1 aliphatic carbocycles. The van der Waals surface area contributed by atoms with Crippen LogP contribution in [0, 0.1) is 11.6 Å². The number of imidazole rings is 1. The summed E-state index contributed by atoms with van der Waals surface area (Å²) in [6, 6.07) is 13.9. The summed E-state index contributed by atoms with van der Waals surface area (Å²) >= 11 is 6.65. The van der Waals surface area contributed by atoms with Gasteiger partial charge in [0, 0.05) is 42.6 Å². The van der Waals surface area contributed by atoms with E-state index in [1.54, 1.807) is 6.33 Å². The predicted octanol–water partition coefficient (Wildman–Crippen LogP) is 5.40. The number of amides is 1. The zero-order valence-corrected chi connectivity index (χ0v) is 23.3. The molecule has 0 radical (unpaired) electrons. The van der Waals surface area contributed by atoms with E-state index < -0.39 is 23.8 Å². The molecule has 1 aromatic heterocycles. The van der Waals surface area contributed by atoms with Crippen molar-refractivity contribution in [3.8, 4) is 11.4 Å². The smallest absolute Gasteiger partial charge is 0.217 e. The Morgan fingerprint density at radius 3 is 2.66 bits per heavy atom. The quantitative estimate of drug-likeness (QED) is 0.260. The summed E-state index contributed by atoms with van der Waals surface area (Å²) in [7, 11) is 0. The summed E-state index contributed by atoms with van der Waals surface area (Å²) in [4.78, 5) is 16.5. The van der Waals surface area contributed by atoms with E-state index in [-0.39, 0.29) is 30.5 Å². The first-order valence-electron chi connectivity index (χ1n) is 13.8. The minimum absolute atomic E-state index is 0.0646. The average molecular weight is 581 g/mol. The van der Waals surface area contributed by atoms with E-state index >= 15 is 0 Å². The Balaban J connectivity index is 1.29. The molecule has 6 rings (SSSR count). The van der Waals surface area contributed by atoms with Crippen molar-refractivity contribution < 1.29 is 23.4 Å². The van der Waals surface area contributed by atoms with Gasteiger partial charge in [-0.3, -0.25) is 9.36 Å². The van der Waals surface area contributed by atoms with Crippen LogP contribution < -0.4 is 15.4 Å². The largest absolute Gasteiger partial charge is 0.485 e. The molecule has 3 N–H and O–H groups in total. The predicted molar refractivity (Wildman–Crippen MR) is 152 cm³/mol. The van der Waals surface area contributed by atoms with Gasteiger partial charge in [-0.05, 0) is 67.6 Å². The van der Waals surface area contributed by atoms with Crippen molar-refractivity contribution in [2.45, 2.75) is 62.8 Å². The van der Waals surface area contributed by atoms with Crippen LogP contribution in [0.15, 0.2) is 60.9 Å². The Morgan fingerprint density at radius 2 is 1.95 bits per heavy atom. The van der Waals surface area contributed by atoms with E-state index in [4.69, 9.17) is 16.3 Å². The average Bonchev–Trinajstić information content (AvgIpc) is 3.33. The van der Waals surface area contributed by atoms with Gasteiger partial charge in [0.05, 0.1) is 28.9 Å². The van der Waals surface area contributed by atoms with Gasteiger partial charge in [0.25, 0.3) is 0 Å². The lowest BCUT2D eigenvalue weighted by Gasteiger charge is -2.48. The molecule has 2 heterocycles. The second-order valence-corrected chi connectivity index (χ2v) is 11.5. The molecule has 214 valence electrons. The van der Waals surface area contributed by atoms with Crippen LogP contribution in [0.1, 0.15) is 49.8 Å². The fraction of sp³-hybridized carbons (Fsp3) is 0.355. The topological polar surface area (TPSA) is 88.4 Å². The van der Waals surface area contributed by atoms with Crippen LogP contribution in [0.5, 0.6) is 5.75 Å². The maximum absolute atomic E-state index is 13.8. The van der Waals surface area contributed by atoms with Gasteiger partial charge in [-0.15, -0.1) is 0 Å². The summed E-state index contributed by atoms with van der Waals surface area (Å²) in [5, 5.41) is 17.9. The van der Waals surface area contributed by atoms with Crippen molar-refractivity contribution in [2.24, 2.45) is 0 Å². The van der Waals surface area contributed by atoms with Crippen LogP contribution in [0.2, 0.25) is 5.02 Å². The third kappa shape index (κ3) is 5.66. The number of halogens is 3. The van der Waals surface area contributed by atoms with Gasteiger partial charge in [0.15, 0.2) is 0 Å². The number of nitrogens with one attached hydrogen (secondary N) is 2. The van der Waals surface area contributed by atoms with Crippen molar-refractivity contribution in [1.29, 1.82) is 0 Å². The lowest BCUT2D eigenvalue weighted by Crippen LogP contribution is -2.52. The highest BCUT2D eigenvalue weighted by molar-refractivity contribution is 6.31. The van der Waals surface area contributed by atoms with E-state index in [1.807, 2.05) is 41.0 Å². The molecule has 41 heavy (non-hydrogen) atoms. The number of aliphatic hydroxyl groups is 1. The van der Waals surface area contributed by atoms with Gasteiger partial charge in [-0.2, -0.15) is 0 Å². The van der Waals surface area contributed by atoms with Crippen molar-refractivity contribution in [1.82, 2.24) is 20.2 Å². The van der Waals surface area contributed by atoms with Crippen molar-refractivity contribution in [3.63, 3.8) is 0 Å². The number of aromatic nitrogens is 2. The number of carbonyl (C=O) groups is 1. The molecular formula is C31H31ClF2N4O3. The molecule has 4 aromatic rings. The van der Waals surface area contributed by atoms with Crippen molar-refractivity contribution >= 4 is 28.5 Å². The molecule has 1 aliphatic heterocycles. The van der Waals surface area contributed by atoms with Crippen LogP contribution in [0.25, 0.3) is 16.7 Å². The van der Waals surface area contributed by atoms with Gasteiger partial charge in [-0.1, -0.05) is 23.7 Å². The number of hydrogen-bond donors (Lipinski definition) is 3. The lowest BCUT2D eigenvalue weighted by atomic mass is 9.72. The number of para-hydroxylation sites is 2. The van der Waals surface area contributed by atoms with Crippen LogP contribution in [0.4, 0.5) is 8.78 Å². The molecular weight excluding hydrogens is 550 g/mol. The first-order chi connectivity index (χ1) is 19.7. The van der Waals surface area contributed by atoms with Gasteiger partial charge in [0.2, 0.25) is 5.91 Å². The first-order valence-corrected chi connectivity index (χ1v) is 14.2. The molecule has 1 fully saturated rings. The van der Waals surface area contributed by atoms with E-state index in [0.717, 1.165) is 53.4 Å². The molecule has 3 aromatic carbocycles. The Kier molecular flexibility index (Phi) is 7.44. The normalized spacial score (nSPS) is 18.8. The third-order valence-corrected chi connectivity index (χ3v) is 8.33. The molecule has 0 bridgehead atoms. The Hall–Kier alpha value is -3.53. The van der Waals surface area contributed by atoms with E-state index in [2.05, 4.69) is 15.6 Å². The van der Waals surface area contributed by atoms with Gasteiger partial charge in [0.1, 0.15) is 29.3 Å². The van der Waals surface area contributed by atoms with Gasteiger partial charge < -0.3 is 20.5 Å². The number of hydrogen-bond acceptors (Lipinski definition) is 5. The second-order valence-electron chi connectivity index (χ2n) is 11.1. The lowest BCUT2D eigenvalue weighted by molar-refractivity contribution is -0.120. The van der Waals surface area contributed by atoms with Crippen LogP contribution in [-0.2, 0) is 11.2 Å². The molecule has 0 unspecified atom stereocenters. The fourth-order valence-electron chi connectivity index (χ4n) is 6.03. The van der Waals surface area contributed by atoms with Crippen molar-refractivity contribution in [2.75, 3.05) is 6.54 Å². The standard InChI is InChI=1S/C31H31ClF2N4O3/c1-18(39)37-25(11-19-9-21(33)14-22(34)10-19)29(40)16-35-26-15-31(7-4-8-31)41-30-23(26)12-20(32)13-28(30)38-17-36-24-5-2-3-6-27(24)38/h2-3,5-6,9-10,12-14,17,25-26,29,35,40H,4,7-8,11,15-16H2,1H3,(H,37,39)/t25-,26-,29+/m0/s1. The van der Waals surface area contributed by atoms with Crippen LogP contribution >= 0.6 is 11.6 Å². The summed E-state index contributed by atoms with van der Waals surface area (Å²) in [5.74, 6) is -1.04. The zero-order valence-electron chi connectivity index (χ0n) is 22.5. The maximum atomic E-state index is 13.8. The third-order valence-electron chi connectivity index (χ3n) is 8.12. The highest BCUT2D eigenvalue weighted by atomic mass is 35.5. The van der Waals surface area contributed by atoms with Crippen LogP contribution in [0.3, 0.4) is 0 Å². The van der Waals surface area contributed by atoms with E-state index in [1.165, 1.54) is 19.1 Å². The molecule has 10 heteroatoms. The van der Waals surface area contributed by atoms with Crippen LogP contribution in [-0.4, -0.2) is 44.9 Å². The number of fused-ring (bicyclic) bond motifs is 2. The number of ether oxygens (including phenoxy) is 1. The number of rotatable bonds is 8. The maximum Gasteiger partial charge on any atom is 0.217 e. The molecule has 3 atom stereocenters. The number of aliphatic hydroxyl groups excluding tert-OH is 1. The Bertz CT molecular complexity index is 1590. The number of nitrogens with zero attached hydrogens (tertiary/aromatic N) is 2. The van der Waals surface area contributed by atoms with Gasteiger partial charge in [-0.25, -0.2) is 13.8 Å². The molecule has 1 saturated carbocycles. The highest BCUT2D eigenvalue weighted by Gasteiger charge is 2.46.